The van der Waals surface area contributed by atoms with E-state index in [4.69, 9.17) is 0 Å². The Balaban J connectivity index is 2.76. The minimum Gasteiger partial charge on any atom is -0.319 e. The Morgan fingerprint density at radius 3 is 2.31 bits per heavy atom. The summed E-state index contributed by atoms with van der Waals surface area (Å²) in [5.74, 6) is 0. The lowest BCUT2D eigenvalue weighted by Gasteiger charge is -2.36. The highest BCUT2D eigenvalue weighted by atomic mass is 15.3. The van der Waals surface area contributed by atoms with Crippen LogP contribution in [0.3, 0.4) is 0 Å². The quantitative estimate of drug-likeness (QED) is 0.505. The minimum atomic E-state index is 0.428. The predicted molar refractivity (Wildman–Crippen MR) is 71.1 cm³/mol. The Hall–Kier alpha value is -1.34. The molecule has 0 heterocycles. The minimum absolute atomic E-state index is 0.428. The topological polar surface area (TPSA) is 0 Å². The van der Waals surface area contributed by atoms with Crippen molar-refractivity contribution in [1.29, 1.82) is 0 Å². The summed E-state index contributed by atoms with van der Waals surface area (Å²) < 4.78 is 0.916. The van der Waals surface area contributed by atoms with Crippen LogP contribution >= 0.6 is 0 Å². The molecule has 0 aromatic heterocycles. The molecule has 1 heteroatoms. The van der Waals surface area contributed by atoms with Gasteiger partial charge in [0, 0.05) is 12.0 Å². The summed E-state index contributed by atoms with van der Waals surface area (Å²) in [6.45, 7) is 8.75. The van der Waals surface area contributed by atoms with Gasteiger partial charge in [-0.15, -0.1) is 6.58 Å². The number of hydrogen-bond acceptors (Lipinski definition) is 0. The Kier molecular flexibility index (Phi) is 4.51. The largest absolute Gasteiger partial charge is 0.319 e. The molecule has 0 spiro atoms. The van der Waals surface area contributed by atoms with Crippen molar-refractivity contribution >= 4 is 0 Å². The molecule has 0 aliphatic carbocycles. The monoisotopic (exact) mass is 216 g/mol. The summed E-state index contributed by atoms with van der Waals surface area (Å²) in [6, 6.07) is 11.0. The average Bonchev–Trinajstić information content (AvgIpc) is 2.26. The SMILES string of the molecule is C=CCC(C=C)[N+](C)(C)Cc1ccccc1. The lowest BCUT2D eigenvalue weighted by Crippen LogP contribution is -2.46. The fraction of sp³-hybridized carbons (Fsp3) is 0.333. The molecule has 1 unspecified atom stereocenters. The summed E-state index contributed by atoms with van der Waals surface area (Å²) in [7, 11) is 4.48. The molecule has 16 heavy (non-hydrogen) atoms. The van der Waals surface area contributed by atoms with Gasteiger partial charge < -0.3 is 4.48 Å². The van der Waals surface area contributed by atoms with Gasteiger partial charge in [-0.2, -0.15) is 0 Å². The zero-order valence-electron chi connectivity index (χ0n) is 10.4. The standard InChI is InChI=1S/C15H22N/c1-5-10-15(6-2)16(3,4)13-14-11-8-7-9-12-14/h5-9,11-12,15H,1-2,10,13H2,3-4H3/q+1. The molecule has 1 aromatic rings. The van der Waals surface area contributed by atoms with Crippen LogP contribution in [0.5, 0.6) is 0 Å². The summed E-state index contributed by atoms with van der Waals surface area (Å²) in [5, 5.41) is 0. The van der Waals surface area contributed by atoms with Crippen LogP contribution in [0.1, 0.15) is 12.0 Å². The van der Waals surface area contributed by atoms with Crippen molar-refractivity contribution in [2.24, 2.45) is 0 Å². The molecule has 0 radical (unpaired) electrons. The van der Waals surface area contributed by atoms with Gasteiger partial charge in [0.05, 0.1) is 14.1 Å². The van der Waals surface area contributed by atoms with Gasteiger partial charge in [0.2, 0.25) is 0 Å². The molecule has 1 atom stereocenters. The third-order valence-electron chi connectivity index (χ3n) is 3.01. The first-order valence-corrected chi connectivity index (χ1v) is 5.70. The summed E-state index contributed by atoms with van der Waals surface area (Å²) in [4.78, 5) is 0. The van der Waals surface area contributed by atoms with Crippen molar-refractivity contribution in [3.63, 3.8) is 0 Å². The summed E-state index contributed by atoms with van der Waals surface area (Å²) >= 11 is 0. The van der Waals surface area contributed by atoms with E-state index in [-0.39, 0.29) is 0 Å². The van der Waals surface area contributed by atoms with Gasteiger partial charge in [-0.1, -0.05) is 43.0 Å². The molecular weight excluding hydrogens is 194 g/mol. The lowest BCUT2D eigenvalue weighted by atomic mass is 10.1. The highest BCUT2D eigenvalue weighted by molar-refractivity contribution is 5.13. The van der Waals surface area contributed by atoms with Gasteiger partial charge in [-0.3, -0.25) is 0 Å². The second-order valence-corrected chi connectivity index (χ2v) is 4.75. The maximum absolute atomic E-state index is 3.92. The van der Waals surface area contributed by atoms with Gasteiger partial charge >= 0.3 is 0 Å². The lowest BCUT2D eigenvalue weighted by molar-refractivity contribution is -0.921. The van der Waals surface area contributed by atoms with Crippen molar-refractivity contribution in [3.05, 3.63) is 61.2 Å². The first kappa shape index (κ1) is 12.7. The molecule has 0 fully saturated rings. The number of likely N-dealkylation sites (N-methyl/N-ethyl adjacent to an activating group) is 1. The molecular formula is C15H22N+. The van der Waals surface area contributed by atoms with Crippen molar-refractivity contribution in [3.8, 4) is 0 Å². The predicted octanol–water partition coefficient (Wildman–Crippen LogP) is 3.39. The van der Waals surface area contributed by atoms with Crippen LogP contribution in [-0.2, 0) is 6.54 Å². The van der Waals surface area contributed by atoms with Crippen LogP contribution in [0.2, 0.25) is 0 Å². The zero-order chi connectivity index (χ0) is 12.0. The molecule has 0 saturated heterocycles. The maximum Gasteiger partial charge on any atom is 0.111 e. The Bertz CT molecular complexity index is 338. The second kappa shape index (κ2) is 5.66. The van der Waals surface area contributed by atoms with Crippen LogP contribution in [0.4, 0.5) is 0 Å². The molecule has 0 bridgehead atoms. The van der Waals surface area contributed by atoms with E-state index in [1.807, 2.05) is 12.2 Å². The zero-order valence-corrected chi connectivity index (χ0v) is 10.4. The normalized spacial score (nSPS) is 13.1. The Morgan fingerprint density at radius 1 is 1.19 bits per heavy atom. The van der Waals surface area contributed by atoms with Crippen molar-refractivity contribution in [2.45, 2.75) is 19.0 Å². The average molecular weight is 216 g/mol. The molecule has 0 N–H and O–H groups in total. The Labute approximate surface area is 99.3 Å². The van der Waals surface area contributed by atoms with E-state index in [0.29, 0.717) is 6.04 Å². The molecule has 1 rings (SSSR count). The first-order valence-electron chi connectivity index (χ1n) is 5.70. The molecule has 1 nitrogen and oxygen atoms in total. The number of nitrogens with zero attached hydrogens (tertiary/aromatic N) is 1. The molecule has 0 saturated carbocycles. The van der Waals surface area contributed by atoms with Crippen LogP contribution in [-0.4, -0.2) is 24.6 Å². The van der Waals surface area contributed by atoms with Gasteiger partial charge in [-0.25, -0.2) is 0 Å². The summed E-state index contributed by atoms with van der Waals surface area (Å²) in [6.07, 6.45) is 4.98. The van der Waals surface area contributed by atoms with Gasteiger partial charge in [0.25, 0.3) is 0 Å². The summed E-state index contributed by atoms with van der Waals surface area (Å²) in [5.41, 5.74) is 1.36. The number of quaternary nitrogens is 1. The highest BCUT2D eigenvalue weighted by Gasteiger charge is 2.24. The van der Waals surface area contributed by atoms with Crippen molar-refractivity contribution in [2.75, 3.05) is 14.1 Å². The third kappa shape index (κ3) is 3.35. The van der Waals surface area contributed by atoms with Crippen molar-refractivity contribution in [1.82, 2.24) is 0 Å². The fourth-order valence-corrected chi connectivity index (χ4v) is 2.01. The molecule has 86 valence electrons. The van der Waals surface area contributed by atoms with E-state index in [9.17, 15) is 0 Å². The highest BCUT2D eigenvalue weighted by Crippen LogP contribution is 2.17. The molecule has 1 aromatic carbocycles. The Morgan fingerprint density at radius 2 is 1.81 bits per heavy atom. The van der Waals surface area contributed by atoms with E-state index >= 15 is 0 Å². The van der Waals surface area contributed by atoms with E-state index in [2.05, 4.69) is 57.6 Å². The van der Waals surface area contributed by atoms with Crippen LogP contribution in [0.25, 0.3) is 0 Å². The third-order valence-corrected chi connectivity index (χ3v) is 3.01. The number of benzene rings is 1. The van der Waals surface area contributed by atoms with Gasteiger partial charge in [0.15, 0.2) is 0 Å². The molecule has 0 amide bonds. The van der Waals surface area contributed by atoms with E-state index in [1.54, 1.807) is 0 Å². The molecule has 0 aliphatic heterocycles. The first-order chi connectivity index (χ1) is 7.60. The van der Waals surface area contributed by atoms with Gasteiger partial charge in [0.1, 0.15) is 12.6 Å². The van der Waals surface area contributed by atoms with E-state index in [0.717, 1.165) is 17.4 Å². The van der Waals surface area contributed by atoms with E-state index in [1.165, 1.54) is 5.56 Å². The smallest absolute Gasteiger partial charge is 0.111 e. The van der Waals surface area contributed by atoms with Crippen LogP contribution in [0.15, 0.2) is 55.6 Å². The van der Waals surface area contributed by atoms with Gasteiger partial charge in [-0.05, 0) is 6.08 Å². The van der Waals surface area contributed by atoms with Crippen LogP contribution in [0, 0.1) is 0 Å². The van der Waals surface area contributed by atoms with E-state index < -0.39 is 0 Å². The van der Waals surface area contributed by atoms with Crippen LogP contribution < -0.4 is 0 Å². The van der Waals surface area contributed by atoms with Crippen molar-refractivity contribution < 1.29 is 4.48 Å². The number of hydrogen-bond donors (Lipinski definition) is 0. The number of rotatable bonds is 6. The maximum atomic E-state index is 3.92. The fourth-order valence-electron chi connectivity index (χ4n) is 2.01. The molecule has 0 aliphatic rings. The second-order valence-electron chi connectivity index (χ2n) is 4.75.